The van der Waals surface area contributed by atoms with Gasteiger partial charge in [0.15, 0.2) is 0 Å². The summed E-state index contributed by atoms with van der Waals surface area (Å²) in [4.78, 5) is 0. The molecule has 0 spiro atoms. The molecule has 1 aliphatic rings. The maximum absolute atomic E-state index is 10.5. The molecule has 0 atom stereocenters. The third-order valence-electron chi connectivity index (χ3n) is 1.41. The van der Waals surface area contributed by atoms with Gasteiger partial charge in [0.05, 0.1) is 13.1 Å². The van der Waals surface area contributed by atoms with E-state index in [1.165, 1.54) is 6.42 Å². The summed E-state index contributed by atoms with van der Waals surface area (Å²) < 4.78 is 0. The average Bonchev–Trinajstić information content (AvgIpc) is 1.69. The van der Waals surface area contributed by atoms with Crippen molar-refractivity contribution in [2.24, 2.45) is 0 Å². The molecule has 0 aromatic carbocycles. The van der Waals surface area contributed by atoms with Gasteiger partial charge in [-0.25, -0.2) is 0 Å². The highest BCUT2D eigenvalue weighted by Gasteiger charge is 2.02. The lowest BCUT2D eigenvalue weighted by Gasteiger charge is -2.25. The lowest BCUT2D eigenvalue weighted by molar-refractivity contribution is -0.853. The summed E-state index contributed by atoms with van der Waals surface area (Å²) in [6, 6.07) is 0. The zero-order valence-electron chi connectivity index (χ0n) is 4.44. The summed E-state index contributed by atoms with van der Waals surface area (Å²) in [6.07, 6.45) is 3.55. The Morgan fingerprint density at radius 3 is 1.86 bits per heavy atom. The molecule has 1 rings (SSSR count). The van der Waals surface area contributed by atoms with Crippen molar-refractivity contribution < 1.29 is 5.06 Å². The van der Waals surface area contributed by atoms with E-state index in [1.54, 1.807) is 0 Å². The lowest BCUT2D eigenvalue weighted by atomic mass is 10.2. The Morgan fingerprint density at radius 2 is 1.57 bits per heavy atom. The van der Waals surface area contributed by atoms with Crippen molar-refractivity contribution in [2.45, 2.75) is 19.3 Å². The summed E-state index contributed by atoms with van der Waals surface area (Å²) in [5.41, 5.74) is 0. The molecule has 0 unspecified atom stereocenters. The quantitative estimate of drug-likeness (QED) is 0.411. The van der Waals surface area contributed by atoms with Crippen LogP contribution < -0.4 is 5.06 Å². The lowest BCUT2D eigenvalue weighted by Crippen LogP contribution is -3.07. The van der Waals surface area contributed by atoms with Crippen LogP contribution in [0.3, 0.4) is 0 Å². The molecule has 0 aromatic rings. The van der Waals surface area contributed by atoms with Crippen molar-refractivity contribution in [3.05, 3.63) is 5.21 Å². The van der Waals surface area contributed by atoms with Gasteiger partial charge in [-0.2, -0.15) is 0 Å². The normalized spacial score (nSPS) is 25.3. The van der Waals surface area contributed by atoms with Crippen molar-refractivity contribution in [2.75, 3.05) is 13.1 Å². The van der Waals surface area contributed by atoms with E-state index in [0.717, 1.165) is 25.9 Å². The smallest absolute Gasteiger partial charge is 0.0768 e. The molecule has 1 N–H and O–H groups in total. The van der Waals surface area contributed by atoms with Crippen LogP contribution in [-0.2, 0) is 0 Å². The zero-order chi connectivity index (χ0) is 5.11. The Labute approximate surface area is 43.7 Å². The highest BCUT2D eigenvalue weighted by atomic mass is 16.5. The van der Waals surface area contributed by atoms with E-state index in [2.05, 4.69) is 0 Å². The van der Waals surface area contributed by atoms with E-state index in [9.17, 15) is 5.21 Å². The van der Waals surface area contributed by atoms with Gasteiger partial charge in [0.25, 0.3) is 0 Å². The fourth-order valence-electron chi connectivity index (χ4n) is 0.946. The second kappa shape index (κ2) is 2.28. The minimum Gasteiger partial charge on any atom is -0.634 e. The molecule has 0 bridgehead atoms. The van der Waals surface area contributed by atoms with Crippen LogP contribution >= 0.6 is 0 Å². The summed E-state index contributed by atoms with van der Waals surface area (Å²) in [7, 11) is 0. The standard InChI is InChI=1S/C5H11NO/c7-6-4-2-1-3-5-6/h6H,1-5H2. The molecule has 0 radical (unpaired) electrons. The maximum atomic E-state index is 10.5. The predicted molar refractivity (Wildman–Crippen MR) is 27.9 cm³/mol. The fourth-order valence-corrected chi connectivity index (χ4v) is 0.946. The van der Waals surface area contributed by atoms with Gasteiger partial charge in [-0.3, -0.25) is 0 Å². The fraction of sp³-hybridized carbons (Fsp3) is 1.00. The van der Waals surface area contributed by atoms with Gasteiger partial charge in [-0.1, -0.05) is 0 Å². The number of hydrogen-bond donors (Lipinski definition) is 1. The molecule has 1 fully saturated rings. The Kier molecular flexibility index (Phi) is 1.65. The van der Waals surface area contributed by atoms with Gasteiger partial charge < -0.3 is 10.3 Å². The van der Waals surface area contributed by atoms with E-state index in [-0.39, 0.29) is 0 Å². The molecule has 0 aromatic heterocycles. The van der Waals surface area contributed by atoms with E-state index in [1.807, 2.05) is 0 Å². The van der Waals surface area contributed by atoms with E-state index >= 15 is 0 Å². The van der Waals surface area contributed by atoms with Crippen LogP contribution in [0.2, 0.25) is 0 Å². The van der Waals surface area contributed by atoms with Crippen molar-refractivity contribution >= 4 is 0 Å². The number of hydrogen-bond acceptors (Lipinski definition) is 1. The summed E-state index contributed by atoms with van der Waals surface area (Å²) in [5.74, 6) is 0. The monoisotopic (exact) mass is 101 g/mol. The molecule has 0 amide bonds. The first-order valence-corrected chi connectivity index (χ1v) is 2.91. The predicted octanol–water partition coefficient (Wildman–Crippen LogP) is -0.447. The third kappa shape index (κ3) is 1.45. The molecule has 2 heteroatoms. The number of rotatable bonds is 0. The first-order valence-electron chi connectivity index (χ1n) is 2.91. The first-order chi connectivity index (χ1) is 3.39. The minimum atomic E-state index is 0.464. The molecule has 42 valence electrons. The number of quaternary nitrogens is 1. The molecule has 1 aliphatic heterocycles. The van der Waals surface area contributed by atoms with E-state index in [0.29, 0.717) is 5.06 Å². The van der Waals surface area contributed by atoms with Gasteiger partial charge in [-0.05, 0) is 19.3 Å². The average molecular weight is 101 g/mol. The van der Waals surface area contributed by atoms with Gasteiger partial charge in [-0.15, -0.1) is 0 Å². The maximum Gasteiger partial charge on any atom is 0.0768 e. The minimum absolute atomic E-state index is 0.464. The molecule has 0 aliphatic carbocycles. The number of piperidine rings is 1. The largest absolute Gasteiger partial charge is 0.634 e. The highest BCUT2D eigenvalue weighted by Crippen LogP contribution is 1.93. The van der Waals surface area contributed by atoms with Crippen molar-refractivity contribution in [3.8, 4) is 0 Å². The molecule has 1 saturated heterocycles. The number of nitrogens with one attached hydrogen (secondary N) is 1. The second-order valence-electron chi connectivity index (χ2n) is 2.10. The molecular formula is C5H11NO. The van der Waals surface area contributed by atoms with Crippen LogP contribution in [0.5, 0.6) is 0 Å². The van der Waals surface area contributed by atoms with Crippen molar-refractivity contribution in [3.63, 3.8) is 0 Å². The van der Waals surface area contributed by atoms with Gasteiger partial charge in [0.2, 0.25) is 0 Å². The summed E-state index contributed by atoms with van der Waals surface area (Å²) in [6.45, 7) is 1.69. The summed E-state index contributed by atoms with van der Waals surface area (Å²) >= 11 is 0. The molecule has 7 heavy (non-hydrogen) atoms. The molecule has 0 saturated carbocycles. The van der Waals surface area contributed by atoms with Crippen molar-refractivity contribution in [1.29, 1.82) is 0 Å². The zero-order valence-corrected chi connectivity index (χ0v) is 4.44. The topological polar surface area (TPSA) is 27.5 Å². The third-order valence-corrected chi connectivity index (χ3v) is 1.41. The molecule has 1 heterocycles. The first kappa shape index (κ1) is 5.06. The SMILES string of the molecule is [O-][NH+]1CCCCC1. The van der Waals surface area contributed by atoms with Crippen LogP contribution in [-0.4, -0.2) is 13.1 Å². The molecular weight excluding hydrogens is 90.1 g/mol. The van der Waals surface area contributed by atoms with E-state index in [4.69, 9.17) is 0 Å². The van der Waals surface area contributed by atoms with Gasteiger partial charge in [0.1, 0.15) is 0 Å². The Hall–Kier alpha value is -0.0800. The van der Waals surface area contributed by atoms with Crippen LogP contribution in [0.1, 0.15) is 19.3 Å². The molecule has 2 nitrogen and oxygen atoms in total. The van der Waals surface area contributed by atoms with Gasteiger partial charge in [0, 0.05) is 0 Å². The van der Waals surface area contributed by atoms with Crippen molar-refractivity contribution in [1.82, 2.24) is 0 Å². The second-order valence-corrected chi connectivity index (χ2v) is 2.10. The Bertz CT molecular complexity index is 50.0. The summed E-state index contributed by atoms with van der Waals surface area (Å²) in [5, 5.41) is 10.9. The Morgan fingerprint density at radius 1 is 1.00 bits per heavy atom. The number of hydroxylamine groups is 2. The van der Waals surface area contributed by atoms with Gasteiger partial charge >= 0.3 is 0 Å². The highest BCUT2D eigenvalue weighted by molar-refractivity contribution is 4.44. The van der Waals surface area contributed by atoms with Crippen LogP contribution in [0.4, 0.5) is 0 Å². The van der Waals surface area contributed by atoms with Crippen LogP contribution in [0.25, 0.3) is 0 Å². The van der Waals surface area contributed by atoms with Crippen LogP contribution in [0.15, 0.2) is 0 Å². The Balaban J connectivity index is 2.12. The van der Waals surface area contributed by atoms with Crippen LogP contribution in [0, 0.1) is 5.21 Å². The van der Waals surface area contributed by atoms with E-state index < -0.39 is 0 Å².